The molecular weight excluding hydrogens is 412 g/mol. The van der Waals surface area contributed by atoms with Gasteiger partial charge in [-0.25, -0.2) is 9.48 Å². The van der Waals surface area contributed by atoms with Crippen LogP contribution in [0.2, 0.25) is 0 Å². The maximum atomic E-state index is 12.9. The highest BCUT2D eigenvalue weighted by Crippen LogP contribution is 2.40. The van der Waals surface area contributed by atoms with E-state index in [1.807, 2.05) is 32.0 Å². The van der Waals surface area contributed by atoms with Crippen molar-refractivity contribution >= 4 is 27.8 Å². The van der Waals surface area contributed by atoms with E-state index in [0.717, 1.165) is 22.9 Å². The summed E-state index contributed by atoms with van der Waals surface area (Å²) >= 11 is 3.53. The maximum Gasteiger partial charge on any atom is 0.338 e. The molecular formula is C19H23BrN4O3. The van der Waals surface area contributed by atoms with Gasteiger partial charge in [0, 0.05) is 15.7 Å². The number of anilines is 1. The SMILES string of the molecule is CCCOC(=O)C1=C(C)Nc2ncnn2C1c1cc(Br)ccc1OCCC. The summed E-state index contributed by atoms with van der Waals surface area (Å²) < 4.78 is 14.0. The largest absolute Gasteiger partial charge is 0.493 e. The number of nitrogens with one attached hydrogen (secondary N) is 1. The zero-order chi connectivity index (χ0) is 19.4. The van der Waals surface area contributed by atoms with Crippen LogP contribution in [0.5, 0.6) is 5.75 Å². The standard InChI is InChI=1S/C19H23BrN4O3/c1-4-8-26-15-7-6-13(20)10-14(15)17-16(18(25)27-9-5-2)12(3)23-19-21-11-22-24(17)19/h6-7,10-11,17H,4-5,8-9H2,1-3H3,(H,21,22,23). The molecule has 1 N–H and O–H groups in total. The molecule has 0 amide bonds. The van der Waals surface area contributed by atoms with Crippen LogP contribution in [0.1, 0.15) is 45.2 Å². The number of carbonyl (C=O) groups is 1. The van der Waals surface area contributed by atoms with Crippen molar-refractivity contribution in [3.05, 3.63) is 45.8 Å². The predicted octanol–water partition coefficient (Wildman–Crippen LogP) is 4.07. The molecule has 0 bridgehead atoms. The van der Waals surface area contributed by atoms with Gasteiger partial charge in [-0.05, 0) is 38.0 Å². The third kappa shape index (κ3) is 4.00. The quantitative estimate of drug-likeness (QED) is 0.661. The maximum absolute atomic E-state index is 12.9. The Morgan fingerprint density at radius 3 is 2.81 bits per heavy atom. The van der Waals surface area contributed by atoms with Gasteiger partial charge in [0.15, 0.2) is 0 Å². The fourth-order valence-corrected chi connectivity index (χ4v) is 3.37. The Balaban J connectivity index is 2.13. The number of aromatic nitrogens is 3. The van der Waals surface area contributed by atoms with Gasteiger partial charge in [-0.2, -0.15) is 10.1 Å². The van der Waals surface area contributed by atoms with Gasteiger partial charge in [0.1, 0.15) is 18.1 Å². The second-order valence-corrected chi connectivity index (χ2v) is 7.18. The van der Waals surface area contributed by atoms with Crippen LogP contribution in [-0.2, 0) is 9.53 Å². The third-order valence-corrected chi connectivity index (χ3v) is 4.67. The number of allylic oxidation sites excluding steroid dienone is 1. The lowest BCUT2D eigenvalue weighted by Gasteiger charge is -2.29. The number of benzene rings is 1. The third-order valence-electron chi connectivity index (χ3n) is 4.18. The van der Waals surface area contributed by atoms with Crippen molar-refractivity contribution in [2.75, 3.05) is 18.5 Å². The van der Waals surface area contributed by atoms with Gasteiger partial charge in [0.05, 0.1) is 18.8 Å². The van der Waals surface area contributed by atoms with Gasteiger partial charge in [0.2, 0.25) is 5.95 Å². The second kappa shape index (κ2) is 8.56. The van der Waals surface area contributed by atoms with Crippen LogP contribution >= 0.6 is 15.9 Å². The zero-order valence-electron chi connectivity index (χ0n) is 15.7. The number of rotatable bonds is 7. The van der Waals surface area contributed by atoms with Gasteiger partial charge >= 0.3 is 5.97 Å². The molecule has 1 aliphatic rings. The first-order valence-electron chi connectivity index (χ1n) is 9.03. The number of hydrogen-bond donors (Lipinski definition) is 1. The predicted molar refractivity (Wildman–Crippen MR) is 106 cm³/mol. The Hall–Kier alpha value is -2.35. The molecule has 1 atom stereocenters. The number of hydrogen-bond acceptors (Lipinski definition) is 6. The van der Waals surface area contributed by atoms with Crippen molar-refractivity contribution in [1.82, 2.24) is 14.8 Å². The minimum atomic E-state index is -0.488. The summed E-state index contributed by atoms with van der Waals surface area (Å²) in [5.74, 6) is 0.919. The highest BCUT2D eigenvalue weighted by molar-refractivity contribution is 9.10. The van der Waals surface area contributed by atoms with E-state index in [2.05, 4.69) is 38.3 Å². The lowest BCUT2D eigenvalue weighted by molar-refractivity contribution is -0.139. The summed E-state index contributed by atoms with van der Waals surface area (Å²) in [6, 6.07) is 5.28. The molecule has 1 aromatic carbocycles. The summed E-state index contributed by atoms with van der Waals surface area (Å²) in [6.45, 7) is 6.81. The van der Waals surface area contributed by atoms with Crippen molar-refractivity contribution in [3.8, 4) is 5.75 Å². The van der Waals surface area contributed by atoms with E-state index in [0.29, 0.717) is 36.2 Å². The van der Waals surface area contributed by atoms with Crippen LogP contribution in [0.15, 0.2) is 40.3 Å². The van der Waals surface area contributed by atoms with Crippen LogP contribution in [0.25, 0.3) is 0 Å². The van der Waals surface area contributed by atoms with Crippen LogP contribution in [-0.4, -0.2) is 33.9 Å². The lowest BCUT2D eigenvalue weighted by atomic mass is 9.95. The van der Waals surface area contributed by atoms with Crippen LogP contribution < -0.4 is 10.1 Å². The Bertz CT molecular complexity index is 862. The molecule has 1 aromatic heterocycles. The van der Waals surface area contributed by atoms with Gasteiger partial charge < -0.3 is 14.8 Å². The first kappa shape index (κ1) is 19.4. The zero-order valence-corrected chi connectivity index (χ0v) is 17.2. The van der Waals surface area contributed by atoms with E-state index in [-0.39, 0.29) is 5.97 Å². The number of nitrogens with zero attached hydrogens (tertiary/aromatic N) is 3. The number of fused-ring (bicyclic) bond motifs is 1. The summed E-state index contributed by atoms with van der Waals surface area (Å²) in [5.41, 5.74) is 2.03. The molecule has 144 valence electrons. The van der Waals surface area contributed by atoms with Crippen molar-refractivity contribution < 1.29 is 14.3 Å². The van der Waals surface area contributed by atoms with Crippen molar-refractivity contribution in [3.63, 3.8) is 0 Å². The molecule has 0 spiro atoms. The van der Waals surface area contributed by atoms with E-state index < -0.39 is 6.04 Å². The molecule has 0 saturated carbocycles. The number of esters is 1. The highest BCUT2D eigenvalue weighted by Gasteiger charge is 2.36. The van der Waals surface area contributed by atoms with E-state index in [4.69, 9.17) is 9.47 Å². The van der Waals surface area contributed by atoms with Gasteiger partial charge in [-0.1, -0.05) is 29.8 Å². The van der Waals surface area contributed by atoms with E-state index >= 15 is 0 Å². The van der Waals surface area contributed by atoms with Crippen molar-refractivity contribution in [2.24, 2.45) is 0 Å². The molecule has 1 aliphatic heterocycles. The molecule has 2 heterocycles. The normalized spacial score (nSPS) is 15.9. The topological polar surface area (TPSA) is 78.3 Å². The molecule has 0 aliphatic carbocycles. The molecule has 0 fully saturated rings. The Labute approximate surface area is 166 Å². The average molecular weight is 435 g/mol. The molecule has 27 heavy (non-hydrogen) atoms. The molecule has 2 aromatic rings. The Kier molecular flexibility index (Phi) is 6.15. The molecule has 3 rings (SSSR count). The first-order valence-corrected chi connectivity index (χ1v) is 9.82. The fraction of sp³-hybridized carbons (Fsp3) is 0.421. The Morgan fingerprint density at radius 2 is 2.07 bits per heavy atom. The number of carbonyl (C=O) groups excluding carboxylic acids is 1. The Morgan fingerprint density at radius 1 is 1.30 bits per heavy atom. The van der Waals surface area contributed by atoms with Gasteiger partial charge in [-0.15, -0.1) is 0 Å². The van der Waals surface area contributed by atoms with E-state index in [9.17, 15) is 4.79 Å². The first-order chi connectivity index (χ1) is 13.1. The monoisotopic (exact) mass is 434 g/mol. The average Bonchev–Trinajstić information content (AvgIpc) is 3.11. The van der Waals surface area contributed by atoms with Crippen LogP contribution in [0.4, 0.5) is 5.95 Å². The molecule has 0 saturated heterocycles. The fourth-order valence-electron chi connectivity index (χ4n) is 2.99. The van der Waals surface area contributed by atoms with Crippen LogP contribution in [0, 0.1) is 0 Å². The number of halogens is 1. The smallest absolute Gasteiger partial charge is 0.338 e. The van der Waals surface area contributed by atoms with Gasteiger partial charge in [-0.3, -0.25) is 0 Å². The van der Waals surface area contributed by atoms with Crippen molar-refractivity contribution in [2.45, 2.75) is 39.7 Å². The van der Waals surface area contributed by atoms with E-state index in [1.165, 1.54) is 6.33 Å². The molecule has 8 heteroatoms. The minimum absolute atomic E-state index is 0.365. The molecule has 1 unspecified atom stereocenters. The molecule has 7 nitrogen and oxygen atoms in total. The summed E-state index contributed by atoms with van der Waals surface area (Å²) in [7, 11) is 0. The molecule has 0 radical (unpaired) electrons. The van der Waals surface area contributed by atoms with Crippen molar-refractivity contribution in [1.29, 1.82) is 0 Å². The number of ether oxygens (including phenoxy) is 2. The minimum Gasteiger partial charge on any atom is -0.493 e. The summed E-state index contributed by atoms with van der Waals surface area (Å²) in [5, 5.41) is 7.48. The highest BCUT2D eigenvalue weighted by atomic mass is 79.9. The van der Waals surface area contributed by atoms with Crippen LogP contribution in [0.3, 0.4) is 0 Å². The summed E-state index contributed by atoms with van der Waals surface area (Å²) in [6.07, 6.45) is 3.11. The van der Waals surface area contributed by atoms with Gasteiger partial charge in [0.25, 0.3) is 0 Å². The summed E-state index contributed by atoms with van der Waals surface area (Å²) in [4.78, 5) is 17.1. The lowest BCUT2D eigenvalue weighted by Crippen LogP contribution is -2.30. The van der Waals surface area contributed by atoms with E-state index in [1.54, 1.807) is 4.68 Å². The second-order valence-electron chi connectivity index (χ2n) is 6.26.